The fourth-order valence-electron chi connectivity index (χ4n) is 2.00. The van der Waals surface area contributed by atoms with E-state index in [-0.39, 0.29) is 11.9 Å². The number of carbonyl (C=O) groups is 1. The molecule has 0 aliphatic carbocycles. The molecule has 0 saturated carbocycles. The largest absolute Gasteiger partial charge is 0.346 e. The Morgan fingerprint density at radius 2 is 2.11 bits per heavy atom. The lowest BCUT2D eigenvalue weighted by atomic mass is 10.0. The van der Waals surface area contributed by atoms with Crippen LogP contribution < -0.4 is 10.6 Å². The summed E-state index contributed by atoms with van der Waals surface area (Å²) in [7, 11) is 0. The van der Waals surface area contributed by atoms with Gasteiger partial charge in [0, 0.05) is 18.7 Å². The molecule has 2 N–H and O–H groups in total. The smallest absolute Gasteiger partial charge is 0.247 e. The summed E-state index contributed by atoms with van der Waals surface area (Å²) in [5.74, 6) is 0.0421. The van der Waals surface area contributed by atoms with Crippen LogP contribution >= 0.6 is 0 Å². The second kappa shape index (κ2) is 5.36. The second-order valence-corrected chi connectivity index (χ2v) is 4.94. The van der Waals surface area contributed by atoms with Gasteiger partial charge >= 0.3 is 0 Å². The van der Waals surface area contributed by atoms with Gasteiger partial charge in [-0.2, -0.15) is 0 Å². The molecule has 3 heteroatoms. The van der Waals surface area contributed by atoms with Gasteiger partial charge < -0.3 is 10.6 Å². The Kier molecular flexibility index (Phi) is 3.82. The summed E-state index contributed by atoms with van der Waals surface area (Å²) in [6.07, 6.45) is 0. The molecule has 0 aromatic heterocycles. The first kappa shape index (κ1) is 12.8. The summed E-state index contributed by atoms with van der Waals surface area (Å²) in [6, 6.07) is 8.28. The molecule has 1 atom stereocenters. The van der Waals surface area contributed by atoms with Crippen LogP contribution in [0.4, 0.5) is 0 Å². The number of nitrogens with one attached hydrogen (secondary N) is 2. The number of hydrogen-bond acceptors (Lipinski definition) is 2. The maximum atomic E-state index is 12.0. The van der Waals surface area contributed by atoms with E-state index in [0.29, 0.717) is 0 Å². The van der Waals surface area contributed by atoms with E-state index >= 15 is 0 Å². The van der Waals surface area contributed by atoms with E-state index < -0.39 is 0 Å². The molecule has 0 bridgehead atoms. The lowest BCUT2D eigenvalue weighted by molar-refractivity contribution is -0.118. The Bertz CT molecular complexity index is 485. The molecule has 1 aromatic carbocycles. The van der Waals surface area contributed by atoms with Crippen molar-refractivity contribution in [3.05, 3.63) is 46.5 Å². The SMILES string of the molecule is CC(C(=O)N[C@H](C)c1cccc(C)c1)=C1CNC1. The van der Waals surface area contributed by atoms with Crippen LogP contribution in [0.15, 0.2) is 35.4 Å². The average Bonchev–Trinajstić information content (AvgIpc) is 2.26. The zero-order chi connectivity index (χ0) is 13.1. The maximum absolute atomic E-state index is 12.0. The highest BCUT2D eigenvalue weighted by atomic mass is 16.1. The van der Waals surface area contributed by atoms with Crippen molar-refractivity contribution in [2.75, 3.05) is 13.1 Å². The van der Waals surface area contributed by atoms with Crippen molar-refractivity contribution in [3.8, 4) is 0 Å². The van der Waals surface area contributed by atoms with Crippen LogP contribution in [0.5, 0.6) is 0 Å². The van der Waals surface area contributed by atoms with Gasteiger partial charge in [0.1, 0.15) is 0 Å². The van der Waals surface area contributed by atoms with Crippen molar-refractivity contribution in [3.63, 3.8) is 0 Å². The first-order valence-corrected chi connectivity index (χ1v) is 6.34. The van der Waals surface area contributed by atoms with Gasteiger partial charge in [-0.25, -0.2) is 0 Å². The monoisotopic (exact) mass is 244 g/mol. The molecule has 1 fully saturated rings. The quantitative estimate of drug-likeness (QED) is 0.799. The molecule has 0 radical (unpaired) electrons. The summed E-state index contributed by atoms with van der Waals surface area (Å²) in [5, 5.41) is 6.20. The number of rotatable bonds is 3. The van der Waals surface area contributed by atoms with Crippen LogP contribution in [-0.2, 0) is 4.79 Å². The van der Waals surface area contributed by atoms with Gasteiger partial charge in [0.15, 0.2) is 0 Å². The van der Waals surface area contributed by atoms with E-state index in [2.05, 4.69) is 29.7 Å². The van der Waals surface area contributed by atoms with Gasteiger partial charge in [-0.3, -0.25) is 4.79 Å². The molecule has 2 rings (SSSR count). The third kappa shape index (κ3) is 2.79. The number of amides is 1. The molecule has 0 spiro atoms. The fourth-order valence-corrected chi connectivity index (χ4v) is 2.00. The molecular formula is C15H20N2O. The lowest BCUT2D eigenvalue weighted by Gasteiger charge is -2.23. The van der Waals surface area contributed by atoms with Crippen LogP contribution in [0.25, 0.3) is 0 Å². The molecule has 1 saturated heterocycles. The van der Waals surface area contributed by atoms with Crippen molar-refractivity contribution in [2.45, 2.75) is 26.8 Å². The highest BCUT2D eigenvalue weighted by Gasteiger charge is 2.17. The summed E-state index contributed by atoms with van der Waals surface area (Å²) in [6.45, 7) is 7.67. The average molecular weight is 244 g/mol. The highest BCUT2D eigenvalue weighted by Crippen LogP contribution is 2.15. The van der Waals surface area contributed by atoms with Crippen molar-refractivity contribution >= 4 is 5.91 Å². The number of aryl methyl sites for hydroxylation is 1. The molecule has 1 aromatic rings. The third-order valence-corrected chi connectivity index (χ3v) is 3.44. The lowest BCUT2D eigenvalue weighted by Crippen LogP contribution is -2.38. The number of benzene rings is 1. The third-order valence-electron chi connectivity index (χ3n) is 3.44. The Morgan fingerprint density at radius 3 is 2.67 bits per heavy atom. The Hall–Kier alpha value is -1.61. The maximum Gasteiger partial charge on any atom is 0.247 e. The zero-order valence-corrected chi connectivity index (χ0v) is 11.2. The standard InChI is InChI=1S/C15H20N2O/c1-10-5-4-6-13(7-10)12(3)17-15(18)11(2)14-8-16-9-14/h4-7,12,16H,8-9H2,1-3H3,(H,17,18)/t12-/m1/s1. The van der Waals surface area contributed by atoms with E-state index in [9.17, 15) is 4.79 Å². The highest BCUT2D eigenvalue weighted by molar-refractivity contribution is 5.94. The molecule has 18 heavy (non-hydrogen) atoms. The molecule has 0 unspecified atom stereocenters. The van der Waals surface area contributed by atoms with Crippen molar-refractivity contribution < 1.29 is 4.79 Å². The molecule has 3 nitrogen and oxygen atoms in total. The predicted octanol–water partition coefficient (Wildman–Crippen LogP) is 2.09. The van der Waals surface area contributed by atoms with Crippen LogP contribution in [0, 0.1) is 6.92 Å². The van der Waals surface area contributed by atoms with E-state index in [4.69, 9.17) is 0 Å². The molecule has 1 aliphatic rings. The van der Waals surface area contributed by atoms with Crippen molar-refractivity contribution in [2.24, 2.45) is 0 Å². The summed E-state index contributed by atoms with van der Waals surface area (Å²) < 4.78 is 0. The minimum absolute atomic E-state index is 0.0421. The Labute approximate surface area is 108 Å². The fraction of sp³-hybridized carbons (Fsp3) is 0.400. The van der Waals surface area contributed by atoms with E-state index in [0.717, 1.165) is 24.2 Å². The molecule has 96 valence electrons. The van der Waals surface area contributed by atoms with Gasteiger partial charge in [0.05, 0.1) is 6.04 Å². The van der Waals surface area contributed by atoms with Crippen LogP contribution in [0.1, 0.15) is 31.0 Å². The van der Waals surface area contributed by atoms with Crippen LogP contribution in [-0.4, -0.2) is 19.0 Å². The second-order valence-electron chi connectivity index (χ2n) is 4.94. The van der Waals surface area contributed by atoms with Crippen molar-refractivity contribution in [1.29, 1.82) is 0 Å². The van der Waals surface area contributed by atoms with E-state index in [1.165, 1.54) is 11.1 Å². The zero-order valence-electron chi connectivity index (χ0n) is 11.2. The number of hydrogen-bond donors (Lipinski definition) is 2. The molecule has 1 amide bonds. The van der Waals surface area contributed by atoms with Gasteiger partial charge in [0.2, 0.25) is 5.91 Å². The number of carbonyl (C=O) groups excluding carboxylic acids is 1. The van der Waals surface area contributed by atoms with E-state index in [1.54, 1.807) is 0 Å². The molecular weight excluding hydrogens is 224 g/mol. The van der Waals surface area contributed by atoms with Crippen LogP contribution in [0.2, 0.25) is 0 Å². The first-order valence-electron chi connectivity index (χ1n) is 6.34. The Morgan fingerprint density at radius 1 is 1.39 bits per heavy atom. The minimum Gasteiger partial charge on any atom is -0.346 e. The van der Waals surface area contributed by atoms with Gasteiger partial charge in [0.25, 0.3) is 0 Å². The normalized spacial score (nSPS) is 15.8. The Balaban J connectivity index is 2.03. The first-order chi connectivity index (χ1) is 8.58. The van der Waals surface area contributed by atoms with Gasteiger partial charge in [-0.1, -0.05) is 29.8 Å². The summed E-state index contributed by atoms with van der Waals surface area (Å²) in [5.41, 5.74) is 4.43. The summed E-state index contributed by atoms with van der Waals surface area (Å²) in [4.78, 5) is 12.0. The van der Waals surface area contributed by atoms with Gasteiger partial charge in [-0.05, 0) is 31.9 Å². The predicted molar refractivity (Wildman–Crippen MR) is 73.3 cm³/mol. The minimum atomic E-state index is 0.0421. The van der Waals surface area contributed by atoms with Crippen molar-refractivity contribution in [1.82, 2.24) is 10.6 Å². The molecule has 1 heterocycles. The van der Waals surface area contributed by atoms with E-state index in [1.807, 2.05) is 26.0 Å². The topological polar surface area (TPSA) is 41.1 Å². The molecule has 1 aliphatic heterocycles. The van der Waals surface area contributed by atoms with Crippen LogP contribution in [0.3, 0.4) is 0 Å². The summed E-state index contributed by atoms with van der Waals surface area (Å²) >= 11 is 0. The van der Waals surface area contributed by atoms with Gasteiger partial charge in [-0.15, -0.1) is 0 Å².